The third-order valence-electron chi connectivity index (χ3n) is 2.23. The Hall–Kier alpha value is -1.39. The van der Waals surface area contributed by atoms with E-state index in [-0.39, 0.29) is 6.42 Å². The molecule has 0 amide bonds. The van der Waals surface area contributed by atoms with E-state index >= 15 is 0 Å². The van der Waals surface area contributed by atoms with E-state index in [4.69, 9.17) is 0 Å². The largest absolute Gasteiger partial charge is 0.203 e. The van der Waals surface area contributed by atoms with Crippen molar-refractivity contribution in [3.8, 4) is 0 Å². The van der Waals surface area contributed by atoms with Gasteiger partial charge < -0.3 is 0 Å². The Labute approximate surface area is 89.4 Å². The molecule has 0 N–H and O–H groups in total. The zero-order valence-corrected chi connectivity index (χ0v) is 8.51. The Morgan fingerprint density at radius 3 is 1.62 bits per heavy atom. The Morgan fingerprint density at radius 1 is 0.875 bits per heavy atom. The van der Waals surface area contributed by atoms with Gasteiger partial charge in [-0.05, 0) is 12.8 Å². The van der Waals surface area contributed by atoms with Crippen LogP contribution in [0.25, 0.3) is 0 Å². The van der Waals surface area contributed by atoms with E-state index in [0.29, 0.717) is 12.0 Å². The van der Waals surface area contributed by atoms with Gasteiger partial charge in [0.1, 0.15) is 0 Å². The van der Waals surface area contributed by atoms with Gasteiger partial charge in [-0.1, -0.05) is 19.1 Å². The molecule has 0 aromatic heterocycles. The first-order valence-corrected chi connectivity index (χ1v) is 4.57. The fourth-order valence-corrected chi connectivity index (χ4v) is 1.18. The highest BCUT2D eigenvalue weighted by Gasteiger charge is 2.25. The molecule has 0 bridgehead atoms. The summed E-state index contributed by atoms with van der Waals surface area (Å²) in [6, 6.07) is 0. The van der Waals surface area contributed by atoms with Gasteiger partial charge in [-0.15, -0.1) is 0 Å². The summed E-state index contributed by atoms with van der Waals surface area (Å²) < 4.78 is 64.5. The van der Waals surface area contributed by atoms with E-state index in [1.807, 2.05) is 0 Å². The van der Waals surface area contributed by atoms with E-state index in [2.05, 4.69) is 6.58 Å². The molecular formula is C11H9F5. The van der Waals surface area contributed by atoms with Gasteiger partial charge in [0.05, 0.1) is 0 Å². The van der Waals surface area contributed by atoms with Gasteiger partial charge in [-0.25, -0.2) is 22.0 Å². The van der Waals surface area contributed by atoms with Crippen LogP contribution >= 0.6 is 0 Å². The van der Waals surface area contributed by atoms with Crippen molar-refractivity contribution in [2.24, 2.45) is 0 Å². The number of rotatable bonds is 3. The third kappa shape index (κ3) is 2.08. The first-order valence-electron chi connectivity index (χ1n) is 4.57. The van der Waals surface area contributed by atoms with E-state index < -0.39 is 34.6 Å². The standard InChI is InChI=1S/C11H9F5/c1-3-5(2)4-6-7(12)9(14)11(16)10(15)8(6)13/h2-4H2,1H3. The predicted octanol–water partition coefficient (Wildman–Crippen LogP) is 3.89. The molecule has 0 aliphatic carbocycles. The van der Waals surface area contributed by atoms with Crippen molar-refractivity contribution in [1.82, 2.24) is 0 Å². The zero-order valence-electron chi connectivity index (χ0n) is 8.51. The van der Waals surface area contributed by atoms with Crippen LogP contribution in [0.15, 0.2) is 12.2 Å². The number of benzene rings is 1. The average molecular weight is 236 g/mol. The molecule has 0 atom stereocenters. The molecule has 0 heterocycles. The van der Waals surface area contributed by atoms with Crippen LogP contribution in [-0.4, -0.2) is 0 Å². The van der Waals surface area contributed by atoms with Gasteiger partial charge >= 0.3 is 0 Å². The molecule has 0 unspecified atom stereocenters. The number of hydrogen-bond acceptors (Lipinski definition) is 0. The molecule has 0 fully saturated rings. The van der Waals surface area contributed by atoms with E-state index in [9.17, 15) is 22.0 Å². The van der Waals surface area contributed by atoms with Crippen LogP contribution in [0.2, 0.25) is 0 Å². The van der Waals surface area contributed by atoms with E-state index in [0.717, 1.165) is 0 Å². The molecule has 1 aromatic rings. The maximum Gasteiger partial charge on any atom is 0.200 e. The summed E-state index contributed by atoms with van der Waals surface area (Å²) in [5.41, 5.74) is -0.438. The lowest BCUT2D eigenvalue weighted by Gasteiger charge is -2.08. The first kappa shape index (κ1) is 12.7. The maximum atomic E-state index is 13.1. The second-order valence-corrected chi connectivity index (χ2v) is 3.33. The van der Waals surface area contributed by atoms with Gasteiger partial charge in [0.25, 0.3) is 0 Å². The summed E-state index contributed by atoms with van der Waals surface area (Å²) in [4.78, 5) is 0. The van der Waals surface area contributed by atoms with Gasteiger partial charge in [0.15, 0.2) is 23.3 Å². The molecule has 0 aliphatic heterocycles. The number of hydrogen-bond donors (Lipinski definition) is 0. The highest BCUT2D eigenvalue weighted by atomic mass is 19.2. The topological polar surface area (TPSA) is 0 Å². The fourth-order valence-electron chi connectivity index (χ4n) is 1.18. The van der Waals surface area contributed by atoms with E-state index in [1.165, 1.54) is 0 Å². The molecule has 0 radical (unpaired) electrons. The minimum absolute atomic E-state index is 0.359. The van der Waals surface area contributed by atoms with Crippen LogP contribution in [0, 0.1) is 29.1 Å². The Kier molecular flexibility index (Phi) is 3.67. The molecule has 1 rings (SSSR count). The molecular weight excluding hydrogens is 227 g/mol. The van der Waals surface area contributed by atoms with Gasteiger partial charge in [0, 0.05) is 5.56 Å². The molecule has 16 heavy (non-hydrogen) atoms. The second kappa shape index (κ2) is 4.63. The summed E-state index contributed by atoms with van der Waals surface area (Å²) in [7, 11) is 0. The molecule has 1 aromatic carbocycles. The lowest BCUT2D eigenvalue weighted by molar-refractivity contribution is 0.371. The summed E-state index contributed by atoms with van der Waals surface area (Å²) in [5, 5.41) is 0. The van der Waals surface area contributed by atoms with Crippen LogP contribution in [0.1, 0.15) is 18.9 Å². The fraction of sp³-hybridized carbons (Fsp3) is 0.273. The zero-order chi connectivity index (χ0) is 12.5. The van der Waals surface area contributed by atoms with Crippen LogP contribution in [0.3, 0.4) is 0 Å². The summed E-state index contributed by atoms with van der Waals surface area (Å²) >= 11 is 0. The van der Waals surface area contributed by atoms with Crippen molar-refractivity contribution in [2.75, 3.05) is 0 Å². The summed E-state index contributed by atoms with van der Waals surface area (Å²) in [5.74, 6) is -9.55. The van der Waals surface area contributed by atoms with Gasteiger partial charge in [0.2, 0.25) is 5.82 Å². The minimum Gasteiger partial charge on any atom is -0.203 e. The van der Waals surface area contributed by atoms with Gasteiger partial charge in [-0.3, -0.25) is 0 Å². The van der Waals surface area contributed by atoms with E-state index in [1.54, 1.807) is 6.92 Å². The lowest BCUT2D eigenvalue weighted by atomic mass is 10.0. The van der Waals surface area contributed by atoms with Crippen LogP contribution in [-0.2, 0) is 6.42 Å². The third-order valence-corrected chi connectivity index (χ3v) is 2.23. The van der Waals surface area contributed by atoms with Crippen LogP contribution < -0.4 is 0 Å². The summed E-state index contributed by atoms with van der Waals surface area (Å²) in [6.07, 6.45) is 0.0434. The van der Waals surface area contributed by atoms with Crippen LogP contribution in [0.5, 0.6) is 0 Å². The summed E-state index contributed by atoms with van der Waals surface area (Å²) in [6.45, 7) is 5.14. The predicted molar refractivity (Wildman–Crippen MR) is 49.4 cm³/mol. The molecule has 5 heteroatoms. The number of halogens is 5. The SMILES string of the molecule is C=C(CC)Cc1c(F)c(F)c(F)c(F)c1F. The minimum atomic E-state index is -2.14. The maximum absolute atomic E-state index is 13.1. The van der Waals surface area contributed by atoms with Gasteiger partial charge in [-0.2, -0.15) is 0 Å². The van der Waals surface area contributed by atoms with Crippen molar-refractivity contribution < 1.29 is 22.0 Å². The normalized spacial score (nSPS) is 10.6. The van der Waals surface area contributed by atoms with Crippen LogP contribution in [0.4, 0.5) is 22.0 Å². The Balaban J connectivity index is 3.34. The van der Waals surface area contributed by atoms with Crippen molar-refractivity contribution in [1.29, 1.82) is 0 Å². The van der Waals surface area contributed by atoms with Crippen molar-refractivity contribution >= 4 is 0 Å². The molecule has 0 saturated heterocycles. The second-order valence-electron chi connectivity index (χ2n) is 3.33. The molecule has 0 aliphatic rings. The highest BCUT2D eigenvalue weighted by molar-refractivity contribution is 5.27. The highest BCUT2D eigenvalue weighted by Crippen LogP contribution is 2.25. The first-order chi connectivity index (χ1) is 7.40. The smallest absolute Gasteiger partial charge is 0.200 e. The average Bonchev–Trinajstić information content (AvgIpc) is 2.29. The molecule has 0 saturated carbocycles. The van der Waals surface area contributed by atoms with Crippen molar-refractivity contribution in [2.45, 2.75) is 19.8 Å². The lowest BCUT2D eigenvalue weighted by Crippen LogP contribution is -2.07. The number of allylic oxidation sites excluding steroid dienone is 1. The quantitative estimate of drug-likeness (QED) is 0.323. The van der Waals surface area contributed by atoms with Crippen molar-refractivity contribution in [3.05, 3.63) is 46.8 Å². The molecule has 88 valence electrons. The Bertz CT molecular complexity index is 407. The molecule has 0 nitrogen and oxygen atoms in total. The molecule has 0 spiro atoms. The Morgan fingerprint density at radius 2 is 1.25 bits per heavy atom. The monoisotopic (exact) mass is 236 g/mol. The van der Waals surface area contributed by atoms with Crippen molar-refractivity contribution in [3.63, 3.8) is 0 Å².